The van der Waals surface area contributed by atoms with Crippen LogP contribution in [0.5, 0.6) is 0 Å². The first-order valence-corrected chi connectivity index (χ1v) is 5.69. The third kappa shape index (κ3) is 2.68. The fourth-order valence-electron chi connectivity index (χ4n) is 1.18. The molecular formula is C10H8BrClN4. The van der Waals surface area contributed by atoms with E-state index in [9.17, 15) is 0 Å². The van der Waals surface area contributed by atoms with Gasteiger partial charge in [0.25, 0.3) is 0 Å². The molecule has 0 spiro atoms. The molecule has 0 fully saturated rings. The second-order valence-electron chi connectivity index (χ2n) is 3.17. The molecule has 0 bridgehead atoms. The van der Waals surface area contributed by atoms with Crippen molar-refractivity contribution in [2.24, 2.45) is 0 Å². The normalized spacial score (nSPS) is 10.4. The summed E-state index contributed by atoms with van der Waals surface area (Å²) >= 11 is 9.02. The van der Waals surface area contributed by atoms with Gasteiger partial charge in [0, 0.05) is 15.1 Å². The maximum absolute atomic E-state index is 5.66. The van der Waals surface area contributed by atoms with E-state index < -0.39 is 0 Å². The van der Waals surface area contributed by atoms with Crippen LogP contribution in [0, 0.1) is 0 Å². The molecule has 2 rings (SSSR count). The van der Waals surface area contributed by atoms with Gasteiger partial charge in [-0.15, -0.1) is 10.2 Å². The largest absolute Gasteiger partial charge is 0.204 e. The van der Waals surface area contributed by atoms with Gasteiger partial charge in [-0.25, -0.2) is 0 Å². The summed E-state index contributed by atoms with van der Waals surface area (Å²) in [5.41, 5.74) is 0.912. The molecular weight excluding hydrogens is 291 g/mol. The molecule has 6 heteroatoms. The van der Waals surface area contributed by atoms with Crippen LogP contribution in [0.1, 0.15) is 0 Å². The van der Waals surface area contributed by atoms with Crippen molar-refractivity contribution < 1.29 is 0 Å². The molecule has 1 heterocycles. The third-order valence-corrected chi connectivity index (χ3v) is 2.52. The molecule has 1 aromatic carbocycles. The molecule has 0 aliphatic heterocycles. The topological polar surface area (TPSA) is 43.6 Å². The molecule has 0 atom stereocenters. The zero-order chi connectivity index (χ0) is 11.5. The minimum absolute atomic E-state index is 0.366. The average Bonchev–Trinajstić information content (AvgIpc) is 2.66. The molecule has 0 amide bonds. The number of aromatic nitrogens is 4. The molecule has 0 unspecified atom stereocenters. The SMILES string of the molecule is C=C(Cl)Cn1nnc(-c2ccc(Br)cc2)n1. The van der Waals surface area contributed by atoms with Gasteiger partial charge in [-0.2, -0.15) is 4.80 Å². The summed E-state index contributed by atoms with van der Waals surface area (Å²) < 4.78 is 1.01. The average molecular weight is 300 g/mol. The van der Waals surface area contributed by atoms with Gasteiger partial charge < -0.3 is 0 Å². The Hall–Kier alpha value is -1.20. The highest BCUT2D eigenvalue weighted by molar-refractivity contribution is 9.10. The van der Waals surface area contributed by atoms with Crippen molar-refractivity contribution in [3.8, 4) is 11.4 Å². The summed E-state index contributed by atoms with van der Waals surface area (Å²) in [5, 5.41) is 12.5. The maximum Gasteiger partial charge on any atom is 0.204 e. The van der Waals surface area contributed by atoms with Gasteiger partial charge in [-0.05, 0) is 29.5 Å². The van der Waals surface area contributed by atoms with Gasteiger partial charge in [0.1, 0.15) is 0 Å². The Balaban J connectivity index is 2.24. The predicted octanol–water partition coefficient (Wildman–Crippen LogP) is 2.86. The van der Waals surface area contributed by atoms with Crippen LogP contribution in [-0.2, 0) is 6.54 Å². The highest BCUT2D eigenvalue weighted by atomic mass is 79.9. The lowest BCUT2D eigenvalue weighted by atomic mass is 10.2. The summed E-state index contributed by atoms with van der Waals surface area (Å²) in [5.74, 6) is 0.574. The minimum atomic E-state index is 0.366. The lowest BCUT2D eigenvalue weighted by Crippen LogP contribution is -2.01. The van der Waals surface area contributed by atoms with E-state index in [4.69, 9.17) is 11.6 Å². The molecule has 0 radical (unpaired) electrons. The summed E-state index contributed by atoms with van der Waals surface area (Å²) in [7, 11) is 0. The van der Waals surface area contributed by atoms with Crippen LogP contribution in [-0.4, -0.2) is 20.2 Å². The standard InChI is InChI=1S/C10H8BrClN4/c1-7(12)6-16-14-10(13-15-16)8-2-4-9(11)5-3-8/h2-5H,1,6H2. The fourth-order valence-corrected chi connectivity index (χ4v) is 1.55. The first kappa shape index (κ1) is 11.3. The lowest BCUT2D eigenvalue weighted by Gasteiger charge is -1.95. The summed E-state index contributed by atoms with van der Waals surface area (Å²) in [6.07, 6.45) is 0. The van der Waals surface area contributed by atoms with Crippen LogP contribution in [0.3, 0.4) is 0 Å². The number of benzene rings is 1. The molecule has 4 nitrogen and oxygen atoms in total. The van der Waals surface area contributed by atoms with Gasteiger partial charge >= 0.3 is 0 Å². The quantitative estimate of drug-likeness (QED) is 0.875. The van der Waals surface area contributed by atoms with Crippen molar-refractivity contribution in [1.82, 2.24) is 20.2 Å². The first-order chi connectivity index (χ1) is 7.65. The molecule has 16 heavy (non-hydrogen) atoms. The van der Waals surface area contributed by atoms with E-state index in [0.29, 0.717) is 17.4 Å². The van der Waals surface area contributed by atoms with Crippen molar-refractivity contribution in [2.45, 2.75) is 6.54 Å². The van der Waals surface area contributed by atoms with Crippen molar-refractivity contribution in [3.63, 3.8) is 0 Å². The molecule has 0 aliphatic rings. The van der Waals surface area contributed by atoms with Gasteiger partial charge in [-0.1, -0.05) is 34.1 Å². The smallest absolute Gasteiger partial charge is 0.158 e. The second kappa shape index (κ2) is 4.76. The van der Waals surface area contributed by atoms with Crippen molar-refractivity contribution in [1.29, 1.82) is 0 Å². The van der Waals surface area contributed by atoms with Crippen LogP contribution >= 0.6 is 27.5 Å². The molecule has 0 saturated heterocycles. The predicted molar refractivity (Wildman–Crippen MR) is 65.9 cm³/mol. The van der Waals surface area contributed by atoms with Gasteiger partial charge in [-0.3, -0.25) is 0 Å². The summed E-state index contributed by atoms with van der Waals surface area (Å²) in [4.78, 5) is 1.41. The Kier molecular flexibility index (Phi) is 3.36. The number of tetrazole rings is 1. The van der Waals surface area contributed by atoms with E-state index in [-0.39, 0.29) is 0 Å². The zero-order valence-corrected chi connectivity index (χ0v) is 10.6. The fraction of sp³-hybridized carbons (Fsp3) is 0.100. The van der Waals surface area contributed by atoms with Crippen LogP contribution in [0.25, 0.3) is 11.4 Å². The van der Waals surface area contributed by atoms with Gasteiger partial charge in [0.05, 0.1) is 6.54 Å². The van der Waals surface area contributed by atoms with Gasteiger partial charge in [0.15, 0.2) is 0 Å². The maximum atomic E-state index is 5.66. The number of rotatable bonds is 3. The molecule has 2 aromatic rings. The van der Waals surface area contributed by atoms with Crippen LogP contribution in [0.4, 0.5) is 0 Å². The van der Waals surface area contributed by atoms with Crippen molar-refractivity contribution in [3.05, 3.63) is 40.3 Å². The monoisotopic (exact) mass is 298 g/mol. The van der Waals surface area contributed by atoms with E-state index in [1.54, 1.807) is 0 Å². The number of halogens is 2. The molecule has 82 valence electrons. The lowest BCUT2D eigenvalue weighted by molar-refractivity contribution is 0.578. The van der Waals surface area contributed by atoms with Crippen molar-refractivity contribution in [2.75, 3.05) is 0 Å². The third-order valence-electron chi connectivity index (χ3n) is 1.87. The number of hydrogen-bond donors (Lipinski definition) is 0. The summed E-state index contributed by atoms with van der Waals surface area (Å²) in [6, 6.07) is 7.69. The second-order valence-corrected chi connectivity index (χ2v) is 4.62. The van der Waals surface area contributed by atoms with Gasteiger partial charge in [0.2, 0.25) is 5.82 Å². The Morgan fingerprint density at radius 2 is 2.06 bits per heavy atom. The Morgan fingerprint density at radius 1 is 1.38 bits per heavy atom. The number of allylic oxidation sites excluding steroid dienone is 1. The summed E-state index contributed by atoms with van der Waals surface area (Å²) in [6.45, 7) is 3.94. The van der Waals surface area contributed by atoms with E-state index in [2.05, 4.69) is 37.9 Å². The number of hydrogen-bond acceptors (Lipinski definition) is 3. The van der Waals surface area contributed by atoms with E-state index in [1.165, 1.54) is 4.80 Å². The van der Waals surface area contributed by atoms with Crippen molar-refractivity contribution >= 4 is 27.5 Å². The number of nitrogens with zero attached hydrogens (tertiary/aromatic N) is 4. The van der Waals surface area contributed by atoms with E-state index >= 15 is 0 Å². The minimum Gasteiger partial charge on any atom is -0.158 e. The van der Waals surface area contributed by atoms with E-state index in [0.717, 1.165) is 10.0 Å². The molecule has 0 saturated carbocycles. The zero-order valence-electron chi connectivity index (χ0n) is 8.27. The Morgan fingerprint density at radius 3 is 2.69 bits per heavy atom. The highest BCUT2D eigenvalue weighted by Crippen LogP contribution is 2.17. The first-order valence-electron chi connectivity index (χ1n) is 4.52. The van der Waals surface area contributed by atoms with Crippen LogP contribution in [0.15, 0.2) is 40.3 Å². The molecule has 0 N–H and O–H groups in total. The Bertz CT molecular complexity index is 506. The Labute approximate surface area is 106 Å². The van der Waals surface area contributed by atoms with Crippen LogP contribution in [0.2, 0.25) is 0 Å². The highest BCUT2D eigenvalue weighted by Gasteiger charge is 2.05. The van der Waals surface area contributed by atoms with E-state index in [1.807, 2.05) is 24.3 Å². The van der Waals surface area contributed by atoms with Crippen LogP contribution < -0.4 is 0 Å². The molecule has 1 aromatic heterocycles. The molecule has 0 aliphatic carbocycles.